The smallest absolute Gasteiger partial charge is 0.235 e. The number of carbonyl (C=O) groups is 2. The second-order valence-electron chi connectivity index (χ2n) is 15.4. The number of allylic oxidation sites excluding steroid dienone is 4. The molecule has 2 aromatic carbocycles. The largest absolute Gasteiger partial charge is 0.400 e. The molecule has 7 rings (SSSR count). The lowest BCUT2D eigenvalue weighted by atomic mass is 9.93. The van der Waals surface area contributed by atoms with Crippen LogP contribution in [0.5, 0.6) is 0 Å². The van der Waals surface area contributed by atoms with Crippen molar-refractivity contribution in [3.63, 3.8) is 0 Å². The molecule has 1 saturated heterocycles. The van der Waals surface area contributed by atoms with Gasteiger partial charge in [-0.05, 0) is 132 Å². The highest BCUT2D eigenvalue weighted by molar-refractivity contribution is 6.10. The van der Waals surface area contributed by atoms with Gasteiger partial charge in [0, 0.05) is 36.7 Å². The molecule has 3 heterocycles. The van der Waals surface area contributed by atoms with Gasteiger partial charge in [0.15, 0.2) is 0 Å². The van der Waals surface area contributed by atoms with Crippen molar-refractivity contribution in [2.75, 3.05) is 37.4 Å². The minimum atomic E-state index is -0.423. The molecule has 4 aliphatic rings. The van der Waals surface area contributed by atoms with Gasteiger partial charge in [0.25, 0.3) is 0 Å². The van der Waals surface area contributed by atoms with Crippen molar-refractivity contribution in [2.24, 2.45) is 16.8 Å². The molecule has 11 nitrogen and oxygen atoms in total. The Kier molecular flexibility index (Phi) is 13.3. The van der Waals surface area contributed by atoms with Gasteiger partial charge in [-0.15, -0.1) is 0 Å². The number of ether oxygens (including phenoxy) is 1. The van der Waals surface area contributed by atoms with Gasteiger partial charge in [0.05, 0.1) is 52.9 Å². The first-order valence-corrected chi connectivity index (χ1v) is 20.0. The molecule has 0 bridgehead atoms. The van der Waals surface area contributed by atoms with Crippen molar-refractivity contribution in [1.29, 1.82) is 5.26 Å². The van der Waals surface area contributed by atoms with E-state index < -0.39 is 5.41 Å². The Balaban J connectivity index is 0.00000270. The SMILES string of the molecule is C=N/C(=C\C=C/Cc1ccc(C#N)cc1F)C1CCN(Cc2nc3c(n2CC(C)OCCC)=CCC(C(=O)Nc2cc(C)c4c(c2)C2(CC2)C(=O)N4)C=3)CC1.CO. The number of carbonyl (C=O) groups excluding carboxylic acids is 2. The molecule has 300 valence electrons. The van der Waals surface area contributed by atoms with Gasteiger partial charge in [-0.3, -0.25) is 19.5 Å². The average molecular weight is 776 g/mol. The fraction of sp³-hybridized carbons (Fsp3) is 0.444. The minimum absolute atomic E-state index is 0.00385. The number of benzene rings is 2. The van der Waals surface area contributed by atoms with Crippen LogP contribution in [0.1, 0.15) is 80.5 Å². The third-order valence-corrected chi connectivity index (χ3v) is 11.4. The molecular weight excluding hydrogens is 722 g/mol. The van der Waals surface area contributed by atoms with Crippen LogP contribution in [-0.4, -0.2) is 71.0 Å². The van der Waals surface area contributed by atoms with E-state index in [1.807, 2.05) is 49.4 Å². The predicted octanol–water partition coefficient (Wildman–Crippen LogP) is 5.42. The number of piperidine rings is 1. The third-order valence-electron chi connectivity index (χ3n) is 11.4. The summed E-state index contributed by atoms with van der Waals surface area (Å²) in [6, 6.07) is 10.4. The molecule has 2 atom stereocenters. The number of rotatable bonds is 14. The number of aryl methyl sites for hydroxylation is 1. The summed E-state index contributed by atoms with van der Waals surface area (Å²) < 4.78 is 22.7. The number of imidazole rings is 1. The van der Waals surface area contributed by atoms with Crippen molar-refractivity contribution in [2.45, 2.75) is 90.3 Å². The van der Waals surface area contributed by atoms with Gasteiger partial charge < -0.3 is 25.0 Å². The van der Waals surface area contributed by atoms with Crippen molar-refractivity contribution >= 4 is 42.1 Å². The molecule has 2 aliphatic carbocycles. The number of aliphatic hydroxyl groups excluding tert-OH is 1. The van der Waals surface area contributed by atoms with Crippen LogP contribution in [0, 0.1) is 35.9 Å². The van der Waals surface area contributed by atoms with Gasteiger partial charge in [0.1, 0.15) is 11.6 Å². The van der Waals surface area contributed by atoms with E-state index >= 15 is 0 Å². The number of fused-ring (bicyclic) bond motifs is 3. The van der Waals surface area contributed by atoms with E-state index in [-0.39, 0.29) is 35.6 Å². The maximum atomic E-state index is 14.3. The van der Waals surface area contributed by atoms with Crippen LogP contribution in [0.3, 0.4) is 0 Å². The highest BCUT2D eigenvalue weighted by Gasteiger charge is 2.56. The Morgan fingerprint density at radius 3 is 2.72 bits per heavy atom. The summed E-state index contributed by atoms with van der Waals surface area (Å²) in [7, 11) is 1.00. The number of nitrogens with one attached hydrogen (secondary N) is 2. The predicted molar refractivity (Wildman–Crippen MR) is 221 cm³/mol. The Morgan fingerprint density at radius 1 is 1.26 bits per heavy atom. The van der Waals surface area contributed by atoms with Gasteiger partial charge in [-0.25, -0.2) is 9.37 Å². The molecule has 3 N–H and O–H groups in total. The summed E-state index contributed by atoms with van der Waals surface area (Å²) in [6.45, 7) is 13.8. The lowest BCUT2D eigenvalue weighted by Gasteiger charge is -2.32. The number of amides is 2. The van der Waals surface area contributed by atoms with Gasteiger partial charge in [-0.1, -0.05) is 31.2 Å². The first kappa shape index (κ1) is 41.4. The zero-order valence-electron chi connectivity index (χ0n) is 33.5. The second-order valence-corrected chi connectivity index (χ2v) is 15.4. The molecule has 3 aromatic rings. The van der Waals surface area contributed by atoms with Crippen LogP contribution in [0.4, 0.5) is 15.8 Å². The van der Waals surface area contributed by atoms with Crippen LogP contribution < -0.4 is 21.3 Å². The molecule has 2 amide bonds. The molecule has 1 aromatic heterocycles. The first-order chi connectivity index (χ1) is 27.6. The maximum absolute atomic E-state index is 14.3. The summed E-state index contributed by atoms with van der Waals surface area (Å²) in [4.78, 5) is 38.2. The lowest BCUT2D eigenvalue weighted by Crippen LogP contribution is -2.38. The molecule has 57 heavy (non-hydrogen) atoms. The standard InChI is InChI=1S/C44H50FN7O3.CH4O/c1-5-20-55-29(3)26-52-39-13-12-33(42(53)48-34-21-28(2)41-35(24-34)44(16-17-44)43(54)50-41)23-38(39)49-40(52)27-51-18-14-32(15-19-51)37(47-4)9-7-6-8-31-11-10-30(25-46)22-36(31)45;1-2/h6-7,9-11,13,21-24,29,32-33H,4-5,8,12,14-20,26-27H2,1-3H3,(H,48,53)(H,50,54);2H,1H3/b7-6-,37-9-;. The number of nitrogens with zero attached hydrogens (tertiary/aromatic N) is 5. The number of nitriles is 1. The molecule has 2 unspecified atom stereocenters. The third kappa shape index (κ3) is 9.17. The van der Waals surface area contributed by atoms with E-state index in [0.717, 1.165) is 97.0 Å². The van der Waals surface area contributed by atoms with Crippen molar-refractivity contribution in [3.8, 4) is 6.07 Å². The van der Waals surface area contributed by atoms with Gasteiger partial charge in [-0.2, -0.15) is 5.26 Å². The lowest BCUT2D eigenvalue weighted by molar-refractivity contribution is -0.118. The first-order valence-electron chi connectivity index (χ1n) is 20.0. The van der Waals surface area contributed by atoms with Crippen LogP contribution >= 0.6 is 0 Å². The zero-order valence-corrected chi connectivity index (χ0v) is 33.5. The van der Waals surface area contributed by atoms with Crippen LogP contribution in [0.15, 0.2) is 59.2 Å². The van der Waals surface area contributed by atoms with Crippen LogP contribution in [-0.2, 0) is 39.3 Å². The maximum Gasteiger partial charge on any atom is 0.235 e. The summed E-state index contributed by atoms with van der Waals surface area (Å²) in [6.07, 6.45) is 15.4. The van der Waals surface area contributed by atoms with Gasteiger partial charge in [0.2, 0.25) is 11.8 Å². The topological polar surface area (TPSA) is 145 Å². The van der Waals surface area contributed by atoms with E-state index in [2.05, 4.69) is 51.7 Å². The Labute approximate surface area is 334 Å². The Bertz CT molecular complexity index is 2220. The van der Waals surface area contributed by atoms with E-state index in [1.54, 1.807) is 12.1 Å². The number of hydrogen-bond acceptors (Lipinski definition) is 8. The number of hydrogen-bond donors (Lipinski definition) is 3. The number of likely N-dealkylation sites (tertiary alicyclic amines) is 1. The Hall–Kier alpha value is -5.22. The van der Waals surface area contributed by atoms with E-state index in [9.17, 15) is 14.0 Å². The van der Waals surface area contributed by atoms with Crippen LogP contribution in [0.2, 0.25) is 0 Å². The van der Waals surface area contributed by atoms with Crippen molar-refractivity contribution in [1.82, 2.24) is 14.5 Å². The second kappa shape index (κ2) is 18.4. The highest BCUT2D eigenvalue weighted by Crippen LogP contribution is 2.56. The monoisotopic (exact) mass is 775 g/mol. The quantitative estimate of drug-likeness (QED) is 0.147. The summed E-state index contributed by atoms with van der Waals surface area (Å²) in [5, 5.41) is 24.0. The number of aliphatic hydroxyl groups is 1. The van der Waals surface area contributed by atoms with Crippen LogP contribution in [0.25, 0.3) is 12.2 Å². The highest BCUT2D eigenvalue weighted by atomic mass is 19.1. The van der Waals surface area contributed by atoms with Crippen molar-refractivity contribution < 1.29 is 23.8 Å². The fourth-order valence-corrected chi connectivity index (χ4v) is 8.17. The molecule has 2 aliphatic heterocycles. The van der Waals surface area contributed by atoms with Crippen molar-refractivity contribution in [3.05, 3.63) is 98.9 Å². The van der Waals surface area contributed by atoms with E-state index in [4.69, 9.17) is 20.1 Å². The molecule has 2 fully saturated rings. The number of halogens is 1. The molecule has 1 spiro atoms. The molecule has 1 saturated carbocycles. The average Bonchev–Trinajstić information content (AvgIpc) is 3.90. The molecule has 0 radical (unpaired) electrons. The fourth-order valence-electron chi connectivity index (χ4n) is 8.17. The van der Waals surface area contributed by atoms with Gasteiger partial charge >= 0.3 is 0 Å². The summed E-state index contributed by atoms with van der Waals surface area (Å²) in [5.41, 5.74) is 4.92. The number of aromatic nitrogens is 2. The summed E-state index contributed by atoms with van der Waals surface area (Å²) >= 11 is 0. The minimum Gasteiger partial charge on any atom is -0.400 e. The number of aliphatic imine (C=N–C) groups is 1. The normalized spacial score (nSPS) is 19.0. The Morgan fingerprint density at radius 2 is 2.04 bits per heavy atom. The summed E-state index contributed by atoms with van der Waals surface area (Å²) in [5.74, 6) is 0.460. The molecular formula is C45H54FN7O4. The molecule has 12 heteroatoms. The van der Waals surface area contributed by atoms with E-state index in [1.165, 1.54) is 6.07 Å². The zero-order chi connectivity index (χ0) is 40.7. The number of anilines is 2. The van der Waals surface area contributed by atoms with E-state index in [0.29, 0.717) is 43.7 Å².